The molecule has 0 amide bonds. The van der Waals surface area contributed by atoms with Gasteiger partial charge in [0, 0.05) is 0 Å². The van der Waals surface area contributed by atoms with Gasteiger partial charge in [0.25, 0.3) is 0 Å². The van der Waals surface area contributed by atoms with Crippen LogP contribution in [-0.4, -0.2) is 11.9 Å². The van der Waals surface area contributed by atoms with Crippen LogP contribution in [0, 0.1) is 0 Å². The fourth-order valence-corrected chi connectivity index (χ4v) is 8.81. The summed E-state index contributed by atoms with van der Waals surface area (Å²) >= 11 is 0. The van der Waals surface area contributed by atoms with Crippen LogP contribution < -0.4 is 9.47 Å². The Morgan fingerprint density at radius 2 is 0.741 bits per heavy atom. The van der Waals surface area contributed by atoms with Crippen LogP contribution in [0.15, 0.2) is 146 Å². The van der Waals surface area contributed by atoms with Gasteiger partial charge in [0.1, 0.15) is 11.5 Å². The molecule has 0 saturated carbocycles. The first-order chi connectivity index (χ1) is 26.6. The highest BCUT2D eigenvalue weighted by Crippen LogP contribution is 2.39. The predicted octanol–water partition coefficient (Wildman–Crippen LogP) is 11.8. The van der Waals surface area contributed by atoms with E-state index in [0.717, 1.165) is 76.1 Å². The fourth-order valence-electron chi connectivity index (χ4n) is 8.81. The average molecular weight is 697 g/mol. The van der Waals surface area contributed by atoms with Crippen molar-refractivity contribution in [2.45, 2.75) is 25.7 Å². The molecule has 0 heterocycles. The van der Waals surface area contributed by atoms with Gasteiger partial charge in [-0.15, -0.1) is 0 Å². The number of hydrogen-bond acceptors (Lipinski definition) is 4. The van der Waals surface area contributed by atoms with Gasteiger partial charge in [0.05, 0.1) is 11.1 Å². The number of ether oxygens (including phenoxy) is 2. The Morgan fingerprint density at radius 1 is 0.370 bits per heavy atom. The van der Waals surface area contributed by atoms with E-state index in [0.29, 0.717) is 48.3 Å². The maximum atomic E-state index is 14.0. The van der Waals surface area contributed by atoms with E-state index in [9.17, 15) is 9.59 Å². The molecule has 0 N–H and O–H groups in total. The number of hydrogen-bond donors (Lipinski definition) is 0. The van der Waals surface area contributed by atoms with E-state index in [2.05, 4.69) is 97.1 Å². The second kappa shape index (κ2) is 11.9. The van der Waals surface area contributed by atoms with E-state index in [-0.39, 0.29) is 11.9 Å². The maximum Gasteiger partial charge on any atom is 0.344 e. The molecule has 0 unspecified atom stereocenters. The van der Waals surface area contributed by atoms with Crippen molar-refractivity contribution in [2.75, 3.05) is 0 Å². The molecule has 14 rings (SSSR count). The first-order valence-corrected chi connectivity index (χ1v) is 18.6. The molecule has 0 aliphatic heterocycles. The summed E-state index contributed by atoms with van der Waals surface area (Å²) in [6.07, 6.45) is 2.69. The number of carbonyl (C=O) groups excluding carboxylic acids is 2. The van der Waals surface area contributed by atoms with E-state index >= 15 is 0 Å². The van der Waals surface area contributed by atoms with Gasteiger partial charge in [0.2, 0.25) is 0 Å². The van der Waals surface area contributed by atoms with Crippen molar-refractivity contribution in [3.05, 3.63) is 179 Å². The van der Waals surface area contributed by atoms with E-state index < -0.39 is 0 Å². The molecule has 4 bridgehead atoms. The minimum absolute atomic E-state index is 0.359. The highest BCUT2D eigenvalue weighted by molar-refractivity contribution is 6.27. The molecule has 0 saturated heterocycles. The number of carbonyl (C=O) groups is 2. The van der Waals surface area contributed by atoms with Gasteiger partial charge < -0.3 is 9.47 Å². The number of benzene rings is 10. The lowest BCUT2D eigenvalue weighted by atomic mass is 9.92. The molecular weight excluding hydrogens is 665 g/mol. The van der Waals surface area contributed by atoms with Gasteiger partial charge in [-0.25, -0.2) is 9.59 Å². The lowest BCUT2D eigenvalue weighted by molar-refractivity contribution is 0.0726. The van der Waals surface area contributed by atoms with Crippen LogP contribution in [-0.2, 0) is 25.7 Å². The lowest BCUT2D eigenvalue weighted by Crippen LogP contribution is -2.13. The standard InChI is InChI=1S/C50H32O4/c51-49(41-25-21-37-17-15-33-3-1-5-35-19-23-39(41)47(37)45(33)35)53-43-27-29-7-11-31(43)13-9-30-8-12-32(14-10-29)44(28-30)54-50(52)42-26-22-38-18-16-34-4-2-6-36-20-24-40(42)48(38)46(34)36/h1-8,11-12,15-28H,9-10,13-14H2. The molecule has 4 aliphatic rings. The van der Waals surface area contributed by atoms with E-state index in [1.54, 1.807) is 0 Å². The fraction of sp³-hybridized carbons (Fsp3) is 0.0800. The first-order valence-electron chi connectivity index (χ1n) is 18.6. The second-order valence-corrected chi connectivity index (χ2v) is 14.6. The molecule has 10 aromatic carbocycles. The van der Waals surface area contributed by atoms with Crippen LogP contribution in [0.3, 0.4) is 0 Å². The predicted molar refractivity (Wildman–Crippen MR) is 218 cm³/mol. The van der Waals surface area contributed by atoms with Gasteiger partial charge in [0.15, 0.2) is 0 Å². The van der Waals surface area contributed by atoms with Crippen molar-refractivity contribution in [2.24, 2.45) is 0 Å². The molecule has 0 spiro atoms. The monoisotopic (exact) mass is 696 g/mol. The zero-order valence-corrected chi connectivity index (χ0v) is 29.3. The molecule has 54 heavy (non-hydrogen) atoms. The van der Waals surface area contributed by atoms with Crippen LogP contribution in [0.1, 0.15) is 43.0 Å². The van der Waals surface area contributed by atoms with Crippen molar-refractivity contribution in [3.63, 3.8) is 0 Å². The summed E-state index contributed by atoms with van der Waals surface area (Å²) in [5.41, 5.74) is 5.13. The minimum Gasteiger partial charge on any atom is -0.423 e. The van der Waals surface area contributed by atoms with Gasteiger partial charge in [-0.05, 0) is 137 Å². The summed E-state index contributed by atoms with van der Waals surface area (Å²) < 4.78 is 12.6. The number of esters is 2. The van der Waals surface area contributed by atoms with Gasteiger partial charge >= 0.3 is 11.9 Å². The summed E-state index contributed by atoms with van der Waals surface area (Å²) in [6.45, 7) is 0. The summed E-state index contributed by atoms with van der Waals surface area (Å²) in [5.74, 6) is 0.475. The Morgan fingerprint density at radius 3 is 1.17 bits per heavy atom. The summed E-state index contributed by atoms with van der Waals surface area (Å²) in [7, 11) is 0. The Labute approximate surface area is 310 Å². The Balaban J connectivity index is 0.892. The molecule has 4 nitrogen and oxygen atoms in total. The average Bonchev–Trinajstić information content (AvgIpc) is 3.20. The number of rotatable bonds is 4. The Bertz CT molecular complexity index is 2910. The molecule has 0 radical (unpaired) electrons. The summed E-state index contributed by atoms with van der Waals surface area (Å²) in [6, 6.07) is 49.7. The molecule has 256 valence electrons. The molecule has 4 aliphatic carbocycles. The smallest absolute Gasteiger partial charge is 0.344 e. The summed E-state index contributed by atoms with van der Waals surface area (Å²) in [4.78, 5) is 28.0. The van der Waals surface area contributed by atoms with Gasteiger partial charge in [-0.3, -0.25) is 0 Å². The molecular formula is C50H32O4. The second-order valence-electron chi connectivity index (χ2n) is 14.6. The van der Waals surface area contributed by atoms with Crippen molar-refractivity contribution >= 4 is 76.6 Å². The Kier molecular flexibility index (Phi) is 6.77. The third kappa shape index (κ3) is 4.84. The van der Waals surface area contributed by atoms with Gasteiger partial charge in [-0.2, -0.15) is 0 Å². The van der Waals surface area contributed by atoms with E-state index in [1.807, 2.05) is 48.5 Å². The van der Waals surface area contributed by atoms with E-state index in [4.69, 9.17) is 9.47 Å². The molecule has 0 fully saturated rings. The van der Waals surface area contributed by atoms with Crippen molar-refractivity contribution in [1.82, 2.24) is 0 Å². The topological polar surface area (TPSA) is 52.6 Å². The third-order valence-electron chi connectivity index (χ3n) is 11.5. The number of aryl methyl sites for hydroxylation is 4. The van der Waals surface area contributed by atoms with Crippen molar-refractivity contribution < 1.29 is 19.1 Å². The Hall–Kier alpha value is -6.78. The highest BCUT2D eigenvalue weighted by Gasteiger charge is 2.21. The lowest BCUT2D eigenvalue weighted by Gasteiger charge is -2.18. The van der Waals surface area contributed by atoms with Crippen LogP contribution in [0.25, 0.3) is 64.6 Å². The van der Waals surface area contributed by atoms with Crippen LogP contribution in [0.2, 0.25) is 0 Å². The van der Waals surface area contributed by atoms with Gasteiger partial charge in [-0.1, -0.05) is 121 Å². The quantitative estimate of drug-likeness (QED) is 0.104. The first kappa shape index (κ1) is 30.8. The zero-order valence-electron chi connectivity index (χ0n) is 29.3. The highest BCUT2D eigenvalue weighted by atomic mass is 16.5. The normalized spacial score (nSPS) is 13.0. The SMILES string of the molecule is O=C(Oc1cc2ccc1CCc1ccc(c(OC(=O)c3ccc4ccc5cccc6ccc3c4c56)c1)CC2)c1ccc2ccc3cccc4ccc1c2c34. The van der Waals surface area contributed by atoms with Crippen LogP contribution >= 0.6 is 0 Å². The molecule has 10 aromatic rings. The maximum absolute atomic E-state index is 14.0. The van der Waals surface area contributed by atoms with Crippen molar-refractivity contribution in [3.8, 4) is 11.5 Å². The third-order valence-corrected chi connectivity index (χ3v) is 11.5. The molecule has 0 aromatic heterocycles. The van der Waals surface area contributed by atoms with Crippen LogP contribution in [0.4, 0.5) is 0 Å². The largest absolute Gasteiger partial charge is 0.423 e. The minimum atomic E-state index is -0.359. The molecule has 0 atom stereocenters. The van der Waals surface area contributed by atoms with Crippen molar-refractivity contribution in [1.29, 1.82) is 0 Å². The van der Waals surface area contributed by atoms with Crippen LogP contribution in [0.5, 0.6) is 11.5 Å². The summed E-state index contributed by atoms with van der Waals surface area (Å²) in [5, 5.41) is 13.2. The molecule has 4 heteroatoms. The zero-order chi connectivity index (χ0) is 35.9. The van der Waals surface area contributed by atoms with E-state index in [1.165, 1.54) is 10.8 Å².